The molecule has 2 nitrogen and oxygen atoms in total. The summed E-state index contributed by atoms with van der Waals surface area (Å²) >= 11 is 0. The normalized spacial score (nSPS) is 31.1. The van der Waals surface area contributed by atoms with Gasteiger partial charge in [-0.2, -0.15) is 0 Å². The van der Waals surface area contributed by atoms with Crippen molar-refractivity contribution < 1.29 is 0 Å². The Morgan fingerprint density at radius 3 is 2.00 bits per heavy atom. The van der Waals surface area contributed by atoms with Crippen LogP contribution in [-0.2, 0) is 0 Å². The van der Waals surface area contributed by atoms with E-state index in [0.717, 1.165) is 12.1 Å². The predicted octanol–water partition coefficient (Wildman–Crippen LogP) is 2.73. The maximum Gasteiger partial charge on any atom is 0.0125 e. The highest BCUT2D eigenvalue weighted by Gasteiger charge is 2.32. The smallest absolute Gasteiger partial charge is 0.0125 e. The lowest BCUT2D eigenvalue weighted by Crippen LogP contribution is -2.51. The fraction of sp³-hybridized carbons (Fsp3) is 1.00. The molecular weight excluding hydrogens is 196 g/mol. The molecular formula is C14H28N2. The molecule has 2 fully saturated rings. The van der Waals surface area contributed by atoms with Gasteiger partial charge in [0.1, 0.15) is 0 Å². The average molecular weight is 224 g/mol. The first-order valence-electron chi connectivity index (χ1n) is 6.99. The van der Waals surface area contributed by atoms with Crippen molar-refractivity contribution in [1.82, 2.24) is 9.80 Å². The third-order valence-corrected chi connectivity index (χ3v) is 4.49. The van der Waals surface area contributed by atoms with Gasteiger partial charge in [0.2, 0.25) is 0 Å². The molecule has 0 amide bonds. The van der Waals surface area contributed by atoms with Gasteiger partial charge in [-0.25, -0.2) is 0 Å². The minimum atomic E-state index is 0.363. The monoisotopic (exact) mass is 224 g/mol. The quantitative estimate of drug-likeness (QED) is 0.676. The van der Waals surface area contributed by atoms with E-state index in [1.807, 2.05) is 0 Å². The van der Waals surface area contributed by atoms with Crippen LogP contribution in [-0.4, -0.2) is 47.1 Å². The largest absolute Gasteiger partial charge is 0.298 e. The molecule has 0 aromatic heterocycles. The van der Waals surface area contributed by atoms with Gasteiger partial charge in [0, 0.05) is 30.7 Å². The van der Waals surface area contributed by atoms with Crippen LogP contribution in [0, 0.1) is 0 Å². The molecule has 2 aliphatic heterocycles. The molecule has 94 valence electrons. The summed E-state index contributed by atoms with van der Waals surface area (Å²) < 4.78 is 0. The Morgan fingerprint density at radius 1 is 0.938 bits per heavy atom. The van der Waals surface area contributed by atoms with E-state index in [1.54, 1.807) is 0 Å². The first-order chi connectivity index (χ1) is 7.48. The van der Waals surface area contributed by atoms with Crippen LogP contribution in [0.1, 0.15) is 53.4 Å². The van der Waals surface area contributed by atoms with E-state index in [2.05, 4.69) is 37.5 Å². The number of nitrogens with zero attached hydrogens (tertiary/aromatic N) is 2. The highest BCUT2D eigenvalue weighted by molar-refractivity contribution is 4.89. The van der Waals surface area contributed by atoms with Crippen molar-refractivity contribution in [2.24, 2.45) is 0 Å². The molecule has 2 aliphatic rings. The molecule has 2 heteroatoms. The number of hydrogen-bond donors (Lipinski definition) is 0. The van der Waals surface area contributed by atoms with Crippen molar-refractivity contribution in [3.8, 4) is 0 Å². The van der Waals surface area contributed by atoms with E-state index in [0.29, 0.717) is 5.54 Å². The summed E-state index contributed by atoms with van der Waals surface area (Å²) in [6.07, 6.45) is 5.59. The first kappa shape index (κ1) is 12.4. The zero-order valence-corrected chi connectivity index (χ0v) is 11.5. The Labute approximate surface area is 101 Å². The molecule has 2 rings (SSSR count). The zero-order chi connectivity index (χ0) is 11.8. The lowest BCUT2D eigenvalue weighted by molar-refractivity contribution is 0.0540. The van der Waals surface area contributed by atoms with Gasteiger partial charge in [-0.3, -0.25) is 9.80 Å². The van der Waals surface area contributed by atoms with E-state index >= 15 is 0 Å². The Bertz CT molecular complexity index is 223. The van der Waals surface area contributed by atoms with E-state index in [-0.39, 0.29) is 0 Å². The maximum atomic E-state index is 2.76. The van der Waals surface area contributed by atoms with Crippen LogP contribution in [0.5, 0.6) is 0 Å². The van der Waals surface area contributed by atoms with Gasteiger partial charge < -0.3 is 0 Å². The molecule has 0 saturated carbocycles. The molecule has 0 bridgehead atoms. The van der Waals surface area contributed by atoms with Crippen LogP contribution >= 0.6 is 0 Å². The van der Waals surface area contributed by atoms with E-state index < -0.39 is 0 Å². The number of piperidine rings is 1. The average Bonchev–Trinajstić information content (AvgIpc) is 2.63. The molecule has 2 heterocycles. The second-order valence-electron chi connectivity index (χ2n) is 6.62. The summed E-state index contributed by atoms with van der Waals surface area (Å²) in [6.45, 7) is 13.3. The van der Waals surface area contributed by atoms with Crippen LogP contribution in [0.15, 0.2) is 0 Å². The highest BCUT2D eigenvalue weighted by atomic mass is 15.2. The molecule has 16 heavy (non-hydrogen) atoms. The summed E-state index contributed by atoms with van der Waals surface area (Å²) in [5.41, 5.74) is 0.363. The number of rotatable bonds is 1. The Balaban J connectivity index is 1.85. The van der Waals surface area contributed by atoms with Crippen molar-refractivity contribution in [3.05, 3.63) is 0 Å². The van der Waals surface area contributed by atoms with Crippen LogP contribution in [0.3, 0.4) is 0 Å². The summed E-state index contributed by atoms with van der Waals surface area (Å²) in [5, 5.41) is 0. The topological polar surface area (TPSA) is 6.48 Å². The van der Waals surface area contributed by atoms with Gasteiger partial charge in [0.05, 0.1) is 0 Å². The molecule has 2 saturated heterocycles. The van der Waals surface area contributed by atoms with E-state index in [9.17, 15) is 0 Å². The first-order valence-corrected chi connectivity index (χ1v) is 6.99. The van der Waals surface area contributed by atoms with Gasteiger partial charge in [-0.05, 0) is 59.9 Å². The third kappa shape index (κ3) is 2.60. The van der Waals surface area contributed by atoms with Gasteiger partial charge in [0.15, 0.2) is 0 Å². The predicted molar refractivity (Wildman–Crippen MR) is 69.8 cm³/mol. The Kier molecular flexibility index (Phi) is 3.60. The molecule has 1 atom stereocenters. The van der Waals surface area contributed by atoms with Crippen LogP contribution in [0.25, 0.3) is 0 Å². The SMILES string of the molecule is C[C@H]1CCCN1C1CCN(C(C)(C)C)CC1. The summed E-state index contributed by atoms with van der Waals surface area (Å²) in [4.78, 5) is 5.41. The van der Waals surface area contributed by atoms with Gasteiger partial charge in [0.25, 0.3) is 0 Å². The second-order valence-corrected chi connectivity index (χ2v) is 6.62. The molecule has 0 aromatic carbocycles. The van der Waals surface area contributed by atoms with Crippen LogP contribution in [0.2, 0.25) is 0 Å². The van der Waals surface area contributed by atoms with Crippen LogP contribution < -0.4 is 0 Å². The van der Waals surface area contributed by atoms with Crippen molar-refractivity contribution in [2.75, 3.05) is 19.6 Å². The fourth-order valence-corrected chi connectivity index (χ4v) is 3.37. The summed E-state index contributed by atoms with van der Waals surface area (Å²) in [5.74, 6) is 0. The lowest BCUT2D eigenvalue weighted by atomic mass is 9.97. The molecule has 0 unspecified atom stereocenters. The molecule has 0 radical (unpaired) electrons. The van der Waals surface area contributed by atoms with Gasteiger partial charge >= 0.3 is 0 Å². The molecule has 0 spiro atoms. The molecule has 0 aliphatic carbocycles. The van der Waals surface area contributed by atoms with E-state index in [1.165, 1.54) is 45.3 Å². The molecule has 0 N–H and O–H groups in total. The standard InChI is InChI=1S/C14H28N2/c1-12-6-5-9-16(12)13-7-10-15(11-8-13)14(2,3)4/h12-13H,5-11H2,1-4H3/t12-/m0/s1. The van der Waals surface area contributed by atoms with Crippen LogP contribution in [0.4, 0.5) is 0 Å². The van der Waals surface area contributed by atoms with Crippen molar-refractivity contribution in [1.29, 1.82) is 0 Å². The number of hydrogen-bond acceptors (Lipinski definition) is 2. The van der Waals surface area contributed by atoms with E-state index in [4.69, 9.17) is 0 Å². The highest BCUT2D eigenvalue weighted by Crippen LogP contribution is 2.27. The lowest BCUT2D eigenvalue weighted by Gasteiger charge is -2.44. The Hall–Kier alpha value is -0.0800. The molecule has 0 aromatic rings. The number of likely N-dealkylation sites (tertiary alicyclic amines) is 2. The van der Waals surface area contributed by atoms with Crippen molar-refractivity contribution in [3.63, 3.8) is 0 Å². The van der Waals surface area contributed by atoms with Gasteiger partial charge in [-0.15, -0.1) is 0 Å². The van der Waals surface area contributed by atoms with Crippen molar-refractivity contribution >= 4 is 0 Å². The third-order valence-electron chi connectivity index (χ3n) is 4.49. The minimum Gasteiger partial charge on any atom is -0.298 e. The summed E-state index contributed by atoms with van der Waals surface area (Å²) in [7, 11) is 0. The second kappa shape index (κ2) is 4.66. The summed E-state index contributed by atoms with van der Waals surface area (Å²) in [6, 6.07) is 1.71. The fourth-order valence-electron chi connectivity index (χ4n) is 3.37. The van der Waals surface area contributed by atoms with Gasteiger partial charge in [-0.1, -0.05) is 0 Å². The maximum absolute atomic E-state index is 2.76. The Morgan fingerprint density at radius 2 is 1.56 bits per heavy atom. The van der Waals surface area contributed by atoms with Crippen molar-refractivity contribution in [2.45, 2.75) is 71.0 Å². The zero-order valence-electron chi connectivity index (χ0n) is 11.5. The minimum absolute atomic E-state index is 0.363.